The Labute approximate surface area is 166 Å². The molecule has 1 N–H and O–H groups in total. The van der Waals surface area contributed by atoms with Gasteiger partial charge in [0.2, 0.25) is 0 Å². The van der Waals surface area contributed by atoms with Crippen LogP contribution in [0.2, 0.25) is 0 Å². The molecule has 0 bridgehead atoms. The van der Waals surface area contributed by atoms with Gasteiger partial charge in [-0.1, -0.05) is 5.92 Å². The Kier molecular flexibility index (Phi) is 16.5. The number of aliphatic hydroxyl groups is 1. The van der Waals surface area contributed by atoms with E-state index in [2.05, 4.69) is 123 Å². The Morgan fingerprint density at radius 3 is 1.36 bits per heavy atom. The van der Waals surface area contributed by atoms with Crippen LogP contribution in [-0.4, -0.2) is 24.3 Å². The molecule has 3 nitrogen and oxygen atoms in total. The molecule has 0 radical (unpaired) electrons. The van der Waals surface area contributed by atoms with Crippen LogP contribution in [0.25, 0.3) is 0 Å². The van der Waals surface area contributed by atoms with Crippen molar-refractivity contribution in [2.75, 3.05) is 13.2 Å². The lowest BCUT2D eigenvalue weighted by atomic mass is 10.4. The van der Waals surface area contributed by atoms with Crippen LogP contribution in [0.4, 0.5) is 0 Å². The Balaban J connectivity index is 4.35. The second kappa shape index (κ2) is 20.1. The molecular weight excluding hydrogens is 348 g/mol. The van der Waals surface area contributed by atoms with Crippen LogP contribution >= 0.6 is 0 Å². The molecule has 0 aromatic rings. The SMILES string of the molecule is CC#CC#CC#CC#CC#CC#CC#CC#CC#CC#CC(=O)OCCCO. The van der Waals surface area contributed by atoms with Crippen LogP contribution in [-0.2, 0) is 9.53 Å². The largest absolute Gasteiger partial charge is 0.456 e. The minimum atomic E-state index is -0.709. The predicted molar refractivity (Wildman–Crippen MR) is 106 cm³/mol. The molecule has 0 amide bonds. The summed E-state index contributed by atoms with van der Waals surface area (Å²) in [5.74, 6) is 48.3. The minimum Gasteiger partial charge on any atom is -0.456 e. The first kappa shape index (κ1) is 23.0. The van der Waals surface area contributed by atoms with Crippen molar-refractivity contribution < 1.29 is 14.6 Å². The first-order valence-corrected chi connectivity index (χ1v) is 7.51. The van der Waals surface area contributed by atoms with E-state index in [1.807, 2.05) is 0 Å². The summed E-state index contributed by atoms with van der Waals surface area (Å²) >= 11 is 0. The van der Waals surface area contributed by atoms with Gasteiger partial charge in [-0.2, -0.15) is 0 Å². The summed E-state index contributed by atoms with van der Waals surface area (Å²) in [5.41, 5.74) is 0. The zero-order valence-electron chi connectivity index (χ0n) is 14.9. The van der Waals surface area contributed by atoms with Gasteiger partial charge in [0.05, 0.1) is 6.61 Å². The standard InChI is InChI=1S/C25H10O3/c1-2-3-4-5-6-7-8-9-10-11-12-13-14-15-16-17-18-19-20-22-25(27)28-24-21-23-26/h26H,21,23-24H2,1H3. The van der Waals surface area contributed by atoms with Gasteiger partial charge in [-0.3, -0.25) is 0 Å². The summed E-state index contributed by atoms with van der Waals surface area (Å²) < 4.78 is 4.67. The summed E-state index contributed by atoms with van der Waals surface area (Å²) in [6.07, 6.45) is 0.366. The minimum absolute atomic E-state index is 0.0523. The third kappa shape index (κ3) is 19.1. The highest BCUT2D eigenvalue weighted by Gasteiger charge is 1.94. The molecule has 0 spiro atoms. The second-order valence-electron chi connectivity index (χ2n) is 3.84. The Bertz CT molecular complexity index is 1200. The van der Waals surface area contributed by atoms with Crippen molar-refractivity contribution in [1.29, 1.82) is 0 Å². The topological polar surface area (TPSA) is 46.5 Å². The molecule has 28 heavy (non-hydrogen) atoms. The van der Waals surface area contributed by atoms with Crippen LogP contribution in [0, 0.1) is 118 Å². The number of carbonyl (C=O) groups excluding carboxylic acids is 1. The van der Waals surface area contributed by atoms with Crippen LogP contribution in [0.3, 0.4) is 0 Å². The van der Waals surface area contributed by atoms with Gasteiger partial charge in [0.25, 0.3) is 0 Å². The first-order valence-electron chi connectivity index (χ1n) is 7.51. The van der Waals surface area contributed by atoms with Gasteiger partial charge < -0.3 is 9.84 Å². The van der Waals surface area contributed by atoms with E-state index in [1.54, 1.807) is 6.92 Å². The highest BCUT2D eigenvalue weighted by Crippen LogP contribution is 1.80. The quantitative estimate of drug-likeness (QED) is 0.334. The average molecular weight is 358 g/mol. The van der Waals surface area contributed by atoms with Crippen molar-refractivity contribution in [2.45, 2.75) is 13.3 Å². The van der Waals surface area contributed by atoms with E-state index in [-0.39, 0.29) is 13.2 Å². The predicted octanol–water partition coefficient (Wildman–Crippen LogP) is -0.0341. The molecule has 0 aromatic carbocycles. The van der Waals surface area contributed by atoms with Gasteiger partial charge in [-0.25, -0.2) is 4.79 Å². The van der Waals surface area contributed by atoms with Gasteiger partial charge >= 0.3 is 5.97 Å². The summed E-state index contributed by atoms with van der Waals surface area (Å²) in [5, 5.41) is 8.52. The molecule has 0 aliphatic carbocycles. The Morgan fingerprint density at radius 1 is 0.643 bits per heavy atom. The van der Waals surface area contributed by atoms with Gasteiger partial charge in [0.15, 0.2) is 0 Å². The van der Waals surface area contributed by atoms with Crippen molar-refractivity contribution in [3.8, 4) is 118 Å². The fourth-order valence-electron chi connectivity index (χ4n) is 0.910. The smallest absolute Gasteiger partial charge is 0.385 e. The number of hydrogen-bond donors (Lipinski definition) is 1. The van der Waals surface area contributed by atoms with Crippen molar-refractivity contribution in [2.24, 2.45) is 0 Å². The van der Waals surface area contributed by atoms with E-state index in [4.69, 9.17) is 5.11 Å². The fraction of sp³-hybridized carbons (Fsp3) is 0.160. The highest BCUT2D eigenvalue weighted by atomic mass is 16.5. The van der Waals surface area contributed by atoms with Crippen molar-refractivity contribution in [3.63, 3.8) is 0 Å². The second-order valence-corrected chi connectivity index (χ2v) is 3.84. The molecular formula is C25H10O3. The molecule has 0 aromatic heterocycles. The molecule has 3 heteroatoms. The molecule has 0 fully saturated rings. The fourth-order valence-corrected chi connectivity index (χ4v) is 0.910. The third-order valence-electron chi connectivity index (χ3n) is 1.89. The number of carbonyl (C=O) groups is 1. The summed E-state index contributed by atoms with van der Waals surface area (Å²) in [7, 11) is 0. The van der Waals surface area contributed by atoms with E-state index in [1.165, 1.54) is 0 Å². The van der Waals surface area contributed by atoms with Crippen molar-refractivity contribution in [3.05, 3.63) is 0 Å². The molecule has 0 unspecified atom stereocenters. The number of ether oxygens (including phenoxy) is 1. The van der Waals surface area contributed by atoms with E-state index in [0.29, 0.717) is 6.42 Å². The molecule has 128 valence electrons. The summed E-state index contributed by atoms with van der Waals surface area (Å²) in [6.45, 7) is 1.75. The van der Waals surface area contributed by atoms with Gasteiger partial charge in [-0.15, -0.1) is 0 Å². The molecule has 0 atom stereocenters. The Morgan fingerprint density at radius 2 is 1.00 bits per heavy atom. The first-order chi connectivity index (χ1) is 13.8. The van der Waals surface area contributed by atoms with E-state index >= 15 is 0 Å². The van der Waals surface area contributed by atoms with E-state index in [9.17, 15) is 4.79 Å². The monoisotopic (exact) mass is 358 g/mol. The van der Waals surface area contributed by atoms with E-state index in [0.717, 1.165) is 0 Å². The molecule has 0 heterocycles. The number of rotatable bonds is 3. The zero-order valence-corrected chi connectivity index (χ0v) is 14.9. The summed E-state index contributed by atoms with van der Waals surface area (Å²) in [6, 6.07) is 0. The molecule has 0 saturated heterocycles. The van der Waals surface area contributed by atoms with Crippen LogP contribution in [0.1, 0.15) is 13.3 Å². The van der Waals surface area contributed by atoms with E-state index < -0.39 is 5.97 Å². The van der Waals surface area contributed by atoms with Crippen LogP contribution in [0.5, 0.6) is 0 Å². The van der Waals surface area contributed by atoms with Crippen molar-refractivity contribution >= 4 is 5.97 Å². The third-order valence-corrected chi connectivity index (χ3v) is 1.89. The van der Waals surface area contributed by atoms with Gasteiger partial charge in [0, 0.05) is 30.8 Å². The highest BCUT2D eigenvalue weighted by molar-refractivity contribution is 5.89. The molecule has 0 saturated carbocycles. The molecule has 0 aliphatic heterocycles. The molecule has 0 aliphatic rings. The maximum absolute atomic E-state index is 11.0. The lowest BCUT2D eigenvalue weighted by Crippen LogP contribution is -2.03. The normalized spacial score (nSPS) is 5.36. The maximum atomic E-state index is 11.0. The number of aliphatic hydroxyl groups excluding tert-OH is 1. The average Bonchev–Trinajstić information content (AvgIpc) is 2.70. The summed E-state index contributed by atoms with van der Waals surface area (Å²) in [4.78, 5) is 11.0. The lowest BCUT2D eigenvalue weighted by Gasteiger charge is -1.95. The Hall–Kier alpha value is -4.97. The number of hydrogen-bond acceptors (Lipinski definition) is 3. The van der Waals surface area contributed by atoms with Gasteiger partial charge in [-0.05, 0) is 102 Å². The molecule has 0 rings (SSSR count). The lowest BCUT2D eigenvalue weighted by molar-refractivity contribution is -0.136. The zero-order chi connectivity index (χ0) is 20.5. The van der Waals surface area contributed by atoms with Crippen LogP contribution < -0.4 is 0 Å². The van der Waals surface area contributed by atoms with Gasteiger partial charge in [0.1, 0.15) is 0 Å². The van der Waals surface area contributed by atoms with Crippen LogP contribution in [0.15, 0.2) is 0 Å². The van der Waals surface area contributed by atoms with Crippen molar-refractivity contribution in [1.82, 2.24) is 0 Å². The number of esters is 1. The maximum Gasteiger partial charge on any atom is 0.385 e.